The van der Waals surface area contributed by atoms with E-state index in [0.717, 1.165) is 28.3 Å². The fraction of sp³-hybridized carbons (Fsp3) is 0.0204. The average molecular weight is 1300 g/mol. The Hall–Kier alpha value is -13.3. The summed E-state index contributed by atoms with van der Waals surface area (Å²) < 4.78 is 4.83. The summed E-state index contributed by atoms with van der Waals surface area (Å²) in [6, 6.07) is 141. The first-order valence-electron chi connectivity index (χ1n) is 35.5. The monoisotopic (exact) mass is 1290 g/mol. The Morgan fingerprint density at radius 2 is 0.539 bits per heavy atom. The Morgan fingerprint density at radius 3 is 1.13 bits per heavy atom. The molecular formula is C98H62N4. The zero-order valence-electron chi connectivity index (χ0n) is 55.6. The zero-order valence-corrected chi connectivity index (χ0v) is 55.6. The first kappa shape index (κ1) is 56.7. The van der Waals surface area contributed by atoms with Gasteiger partial charge in [0.05, 0.1) is 55.6 Å². The largest absolute Gasteiger partial charge is 0.310 e. The van der Waals surface area contributed by atoms with Crippen molar-refractivity contribution >= 4 is 77.7 Å². The van der Waals surface area contributed by atoms with Crippen LogP contribution in [0.5, 0.6) is 0 Å². The number of nitrogens with zero attached hydrogens (tertiary/aromatic N) is 4. The lowest BCUT2D eigenvalue weighted by Gasteiger charge is -2.45. The highest BCUT2D eigenvalue weighted by Gasteiger charge is 2.54. The lowest BCUT2D eigenvalue weighted by molar-refractivity contribution is 0.753. The highest BCUT2D eigenvalue weighted by Crippen LogP contribution is 2.67. The lowest BCUT2D eigenvalue weighted by Crippen LogP contribution is -2.36. The van der Waals surface area contributed by atoms with E-state index in [1.54, 1.807) is 0 Å². The number of fused-ring (bicyclic) bond motifs is 24. The van der Waals surface area contributed by atoms with E-state index in [2.05, 4.69) is 395 Å². The lowest BCUT2D eigenvalue weighted by atomic mass is 9.64. The number of benzene rings is 16. The molecular weight excluding hydrogens is 1230 g/mol. The van der Waals surface area contributed by atoms with Crippen LogP contribution in [0.4, 0.5) is 34.1 Å². The van der Waals surface area contributed by atoms with Crippen molar-refractivity contribution in [2.45, 2.75) is 10.8 Å². The summed E-state index contributed by atoms with van der Waals surface area (Å²) >= 11 is 0. The minimum absolute atomic E-state index is 0.615. The van der Waals surface area contributed by atoms with Gasteiger partial charge in [-0.1, -0.05) is 261 Å². The molecule has 4 heteroatoms. The number of hydrogen-bond acceptors (Lipinski definition) is 2. The molecule has 2 spiro atoms. The maximum absolute atomic E-state index is 2.54. The van der Waals surface area contributed by atoms with Crippen molar-refractivity contribution in [3.8, 4) is 67.0 Å². The quantitative estimate of drug-likeness (QED) is 0.158. The van der Waals surface area contributed by atoms with Gasteiger partial charge in [0.2, 0.25) is 0 Å². The first-order valence-corrected chi connectivity index (χ1v) is 35.5. The molecule has 2 aliphatic heterocycles. The Labute approximate surface area is 591 Å². The third-order valence-corrected chi connectivity index (χ3v) is 22.9. The molecule has 0 atom stereocenters. The molecule has 22 rings (SSSR count). The summed E-state index contributed by atoms with van der Waals surface area (Å²) in [7, 11) is 0. The summed E-state index contributed by atoms with van der Waals surface area (Å²) in [5, 5.41) is 4.97. The average Bonchev–Trinajstić information content (AvgIpc) is 1.49. The van der Waals surface area contributed by atoms with Crippen LogP contribution < -0.4 is 9.80 Å². The Bertz CT molecular complexity index is 6420. The van der Waals surface area contributed by atoms with Gasteiger partial charge in [0.1, 0.15) is 0 Å². The molecule has 18 aromatic rings. The van der Waals surface area contributed by atoms with Gasteiger partial charge in [0, 0.05) is 44.3 Å². The maximum Gasteiger partial charge on any atom is 0.0754 e. The molecule has 16 aromatic carbocycles. The molecule has 4 nitrogen and oxygen atoms in total. The summed E-state index contributed by atoms with van der Waals surface area (Å²) in [5.74, 6) is 0. The summed E-state index contributed by atoms with van der Waals surface area (Å²) in [5.41, 5.74) is 35.0. The van der Waals surface area contributed by atoms with Crippen LogP contribution in [0.25, 0.3) is 111 Å². The second-order valence-electron chi connectivity index (χ2n) is 27.8. The topological polar surface area (TPSA) is 16.3 Å². The van der Waals surface area contributed by atoms with Crippen LogP contribution in [-0.2, 0) is 10.8 Å². The van der Waals surface area contributed by atoms with Gasteiger partial charge < -0.3 is 18.9 Å². The predicted molar refractivity (Wildman–Crippen MR) is 423 cm³/mol. The highest BCUT2D eigenvalue weighted by molar-refractivity contribution is 6.12. The van der Waals surface area contributed by atoms with E-state index in [1.165, 1.54) is 161 Å². The van der Waals surface area contributed by atoms with Gasteiger partial charge in [-0.2, -0.15) is 0 Å². The Balaban J connectivity index is 0.702. The van der Waals surface area contributed by atoms with E-state index in [9.17, 15) is 0 Å². The molecule has 0 saturated heterocycles. The van der Waals surface area contributed by atoms with Crippen LogP contribution >= 0.6 is 0 Å². The zero-order chi connectivity index (χ0) is 66.8. The van der Waals surface area contributed by atoms with Crippen molar-refractivity contribution in [3.05, 3.63) is 421 Å². The molecule has 0 saturated carbocycles. The minimum atomic E-state index is -0.689. The molecule has 0 radical (unpaired) electrons. The molecule has 0 unspecified atom stereocenters. The first-order chi connectivity index (χ1) is 50.6. The van der Waals surface area contributed by atoms with Crippen LogP contribution in [0.3, 0.4) is 0 Å². The molecule has 102 heavy (non-hydrogen) atoms. The molecule has 474 valence electrons. The number of hydrogen-bond donors (Lipinski definition) is 0. The molecule has 2 aliphatic carbocycles. The van der Waals surface area contributed by atoms with Gasteiger partial charge in [0.15, 0.2) is 0 Å². The molecule has 0 N–H and O–H groups in total. The van der Waals surface area contributed by atoms with Gasteiger partial charge >= 0.3 is 0 Å². The molecule has 4 aliphatic rings. The molecule has 0 fully saturated rings. The number of aromatic nitrogens is 2. The molecule has 0 bridgehead atoms. The second kappa shape index (κ2) is 21.6. The van der Waals surface area contributed by atoms with Gasteiger partial charge in [-0.05, 0) is 215 Å². The third kappa shape index (κ3) is 7.70. The van der Waals surface area contributed by atoms with E-state index in [-0.39, 0.29) is 0 Å². The van der Waals surface area contributed by atoms with Crippen molar-refractivity contribution < 1.29 is 0 Å². The van der Waals surface area contributed by atoms with E-state index in [4.69, 9.17) is 0 Å². The summed E-state index contributed by atoms with van der Waals surface area (Å²) in [6.07, 6.45) is 0. The van der Waals surface area contributed by atoms with Crippen LogP contribution in [0.2, 0.25) is 0 Å². The summed E-state index contributed by atoms with van der Waals surface area (Å²) in [4.78, 5) is 5.00. The van der Waals surface area contributed by atoms with Crippen molar-refractivity contribution in [2.24, 2.45) is 0 Å². The third-order valence-electron chi connectivity index (χ3n) is 22.9. The van der Waals surface area contributed by atoms with E-state index in [1.807, 2.05) is 0 Å². The van der Waals surface area contributed by atoms with E-state index < -0.39 is 10.8 Å². The number of rotatable bonds is 7. The van der Waals surface area contributed by atoms with Crippen LogP contribution in [-0.4, -0.2) is 9.13 Å². The normalized spacial score (nSPS) is 13.8. The molecule has 4 heterocycles. The van der Waals surface area contributed by atoms with Crippen LogP contribution in [0.1, 0.15) is 44.5 Å². The predicted octanol–water partition coefficient (Wildman–Crippen LogP) is 25.2. The minimum Gasteiger partial charge on any atom is -0.310 e. The number of para-hydroxylation sites is 9. The summed E-state index contributed by atoms with van der Waals surface area (Å²) in [6.45, 7) is 0. The van der Waals surface area contributed by atoms with Gasteiger partial charge in [-0.15, -0.1) is 0 Å². The van der Waals surface area contributed by atoms with Crippen molar-refractivity contribution in [3.63, 3.8) is 0 Å². The van der Waals surface area contributed by atoms with E-state index >= 15 is 0 Å². The SMILES string of the molecule is c1ccc(N2c3ccccc3C3(c4cc(-c5ccc6c7ccccc7n(-c7ccccc7)c6c5)ccc4-c4c(-c5ccc(N6c7ccccc7C7(c8ccccc8-c8ccc(-c9ccc%10c(c9)c9ccccc9n%10-c9ccccc9)cc87)c7ccccc76)cc5)cccc43)c3ccccc32)cc1. The van der Waals surface area contributed by atoms with Crippen molar-refractivity contribution in [1.29, 1.82) is 0 Å². The maximum atomic E-state index is 2.54. The van der Waals surface area contributed by atoms with E-state index in [0.29, 0.717) is 0 Å². The fourth-order valence-electron chi connectivity index (χ4n) is 18.8. The smallest absolute Gasteiger partial charge is 0.0754 e. The fourth-order valence-corrected chi connectivity index (χ4v) is 18.8. The number of anilines is 6. The van der Waals surface area contributed by atoms with Gasteiger partial charge in [-0.25, -0.2) is 0 Å². The highest BCUT2D eigenvalue weighted by atomic mass is 15.2. The second-order valence-corrected chi connectivity index (χ2v) is 27.8. The van der Waals surface area contributed by atoms with Crippen LogP contribution in [0.15, 0.2) is 376 Å². The molecule has 0 amide bonds. The van der Waals surface area contributed by atoms with Crippen molar-refractivity contribution in [2.75, 3.05) is 9.80 Å². The molecule has 2 aromatic heterocycles. The van der Waals surface area contributed by atoms with Crippen LogP contribution in [0, 0.1) is 0 Å². The Morgan fingerprint density at radius 1 is 0.176 bits per heavy atom. The Kier molecular flexibility index (Phi) is 12.0. The van der Waals surface area contributed by atoms with Gasteiger partial charge in [0.25, 0.3) is 0 Å². The standard InChI is InChI=1S/C98H62N4/c1-4-25-68(26-5-1)99-89-42-19-12-33-76(89)79-59-64(52-58-90(79)99)65-49-55-74-73-31-10-13-35-80(73)97(86(74)60-65)81-36-14-20-43-91(81)102(92-44-21-15-37-82(92)97)71-53-47-63(48-54-71)72-34-24-40-85-96(72)78-57-51-66(67-50-56-77-75-32-11-18-41-88(75)100(95(77)62-67)69-27-6-2-7-28-69)61-87(78)98(85)83-38-16-22-45-93(83)101(70-29-8-3-9-30-70)94-46-23-17-39-84(94)98/h1-62H. The van der Waals surface area contributed by atoms with Gasteiger partial charge in [-0.3, -0.25) is 0 Å². The van der Waals surface area contributed by atoms with Crippen molar-refractivity contribution in [1.82, 2.24) is 9.13 Å².